The molecule has 30 heavy (non-hydrogen) atoms. The van der Waals surface area contributed by atoms with Crippen LogP contribution in [0.3, 0.4) is 0 Å². The lowest BCUT2D eigenvalue weighted by Gasteiger charge is -2.02. The number of Topliss-reactive ketones (excluding diaryl/α,β-unsaturated/α-hetero) is 1. The fraction of sp³-hybridized carbons (Fsp3) is 0.200. The largest absolute Gasteiger partial charge is 0.469 e. The molecule has 3 rings (SSSR count). The van der Waals surface area contributed by atoms with Gasteiger partial charge in [-0.25, -0.2) is 9.59 Å². The summed E-state index contributed by atoms with van der Waals surface area (Å²) in [5, 5.41) is 1.80. The number of thiophene rings is 2. The summed E-state index contributed by atoms with van der Waals surface area (Å²) in [7, 11) is 3.58. The predicted molar refractivity (Wildman–Crippen MR) is 109 cm³/mol. The summed E-state index contributed by atoms with van der Waals surface area (Å²) in [6.45, 7) is 0. The Kier molecular flexibility index (Phi) is 6.48. The number of ketones is 1. The molecule has 0 radical (unpaired) electrons. The molecule has 0 unspecified atom stereocenters. The topological polar surface area (TPSA) is 109 Å². The standard InChI is InChI=1S/C20H16O8S2/c1-25-14(22)9-10(21)11-6-7-13(30-11)18-16(20(24)27-3)15(19(23)26-2)17(28-18)12-5-4-8-29-12/h4-8H,9H2,1-3H3. The van der Waals surface area contributed by atoms with Crippen LogP contribution in [0.4, 0.5) is 0 Å². The number of hydrogen-bond acceptors (Lipinski definition) is 10. The zero-order valence-electron chi connectivity index (χ0n) is 16.2. The molecule has 0 N–H and O–H groups in total. The molecule has 0 fully saturated rings. The van der Waals surface area contributed by atoms with E-state index in [1.165, 1.54) is 38.7 Å². The van der Waals surface area contributed by atoms with Gasteiger partial charge in [0.1, 0.15) is 17.5 Å². The molecule has 3 aromatic rings. The van der Waals surface area contributed by atoms with Gasteiger partial charge in [-0.15, -0.1) is 22.7 Å². The van der Waals surface area contributed by atoms with Gasteiger partial charge in [-0.3, -0.25) is 9.59 Å². The summed E-state index contributed by atoms with van der Waals surface area (Å²) in [4.78, 5) is 50.0. The minimum atomic E-state index is -0.784. The van der Waals surface area contributed by atoms with Crippen LogP contribution in [0.25, 0.3) is 21.3 Å². The van der Waals surface area contributed by atoms with E-state index in [2.05, 4.69) is 4.74 Å². The van der Waals surface area contributed by atoms with Crippen molar-refractivity contribution in [1.29, 1.82) is 0 Å². The first kappa shape index (κ1) is 21.5. The Morgan fingerprint density at radius 3 is 2.03 bits per heavy atom. The molecule has 0 amide bonds. The van der Waals surface area contributed by atoms with E-state index in [1.54, 1.807) is 23.6 Å². The van der Waals surface area contributed by atoms with Crippen molar-refractivity contribution in [2.24, 2.45) is 0 Å². The smallest absolute Gasteiger partial charge is 0.342 e. The van der Waals surface area contributed by atoms with Crippen molar-refractivity contribution in [3.8, 4) is 21.3 Å². The lowest BCUT2D eigenvalue weighted by molar-refractivity contribution is -0.139. The fourth-order valence-corrected chi connectivity index (χ4v) is 4.32. The highest BCUT2D eigenvalue weighted by Crippen LogP contribution is 2.42. The molecule has 3 aromatic heterocycles. The summed E-state index contributed by atoms with van der Waals surface area (Å²) in [5.41, 5.74) is -0.154. The Labute approximate surface area is 179 Å². The van der Waals surface area contributed by atoms with E-state index < -0.39 is 30.1 Å². The molecule has 0 bridgehead atoms. The van der Waals surface area contributed by atoms with Crippen LogP contribution in [0.5, 0.6) is 0 Å². The Hall–Kier alpha value is -3.24. The van der Waals surface area contributed by atoms with E-state index in [0.29, 0.717) is 9.75 Å². The quantitative estimate of drug-likeness (QED) is 0.230. The van der Waals surface area contributed by atoms with Crippen LogP contribution in [0.15, 0.2) is 34.1 Å². The summed E-state index contributed by atoms with van der Waals surface area (Å²) >= 11 is 2.34. The molecule has 0 aliphatic carbocycles. The van der Waals surface area contributed by atoms with Crippen molar-refractivity contribution in [2.45, 2.75) is 6.42 Å². The Bertz CT molecular complexity index is 1100. The highest BCUT2D eigenvalue weighted by atomic mass is 32.1. The van der Waals surface area contributed by atoms with Crippen molar-refractivity contribution in [3.63, 3.8) is 0 Å². The van der Waals surface area contributed by atoms with E-state index in [0.717, 1.165) is 11.3 Å². The molecule has 0 spiro atoms. The van der Waals surface area contributed by atoms with E-state index in [4.69, 9.17) is 13.9 Å². The molecular weight excluding hydrogens is 432 g/mol. The van der Waals surface area contributed by atoms with Gasteiger partial charge in [-0.2, -0.15) is 0 Å². The molecular formula is C20H16O8S2. The molecule has 156 valence electrons. The monoisotopic (exact) mass is 448 g/mol. The van der Waals surface area contributed by atoms with Gasteiger partial charge in [0.2, 0.25) is 0 Å². The molecule has 3 heterocycles. The zero-order valence-corrected chi connectivity index (χ0v) is 17.8. The summed E-state index contributed by atoms with van der Waals surface area (Å²) in [6, 6.07) is 6.59. The fourth-order valence-electron chi connectivity index (χ4n) is 2.68. The zero-order chi connectivity index (χ0) is 21.8. The molecule has 0 aliphatic heterocycles. The number of esters is 3. The van der Waals surface area contributed by atoms with Gasteiger partial charge in [0.25, 0.3) is 0 Å². The van der Waals surface area contributed by atoms with E-state index in [9.17, 15) is 19.2 Å². The number of rotatable bonds is 7. The van der Waals surface area contributed by atoms with Crippen molar-refractivity contribution in [3.05, 3.63) is 45.6 Å². The van der Waals surface area contributed by atoms with Gasteiger partial charge >= 0.3 is 17.9 Å². The molecule has 8 nitrogen and oxygen atoms in total. The normalized spacial score (nSPS) is 10.5. The molecule has 0 saturated carbocycles. The van der Waals surface area contributed by atoms with E-state index >= 15 is 0 Å². The van der Waals surface area contributed by atoms with Crippen molar-refractivity contribution in [2.75, 3.05) is 21.3 Å². The maximum absolute atomic E-state index is 12.5. The van der Waals surface area contributed by atoms with Crippen LogP contribution >= 0.6 is 22.7 Å². The predicted octanol–water partition coefficient (Wildman–Crippen LogP) is 4.06. The van der Waals surface area contributed by atoms with E-state index in [-0.39, 0.29) is 27.5 Å². The Morgan fingerprint density at radius 1 is 0.867 bits per heavy atom. The highest BCUT2D eigenvalue weighted by Gasteiger charge is 2.34. The second-order valence-corrected chi connectivity index (χ2v) is 7.84. The third-order valence-corrected chi connectivity index (χ3v) is 6.06. The van der Waals surface area contributed by atoms with Gasteiger partial charge in [0, 0.05) is 0 Å². The maximum Gasteiger partial charge on any atom is 0.342 e. The summed E-state index contributed by atoms with van der Waals surface area (Å²) in [5.74, 6) is -2.39. The summed E-state index contributed by atoms with van der Waals surface area (Å²) in [6.07, 6.45) is -0.410. The van der Waals surface area contributed by atoms with Crippen LogP contribution in [0, 0.1) is 0 Å². The van der Waals surface area contributed by atoms with Crippen LogP contribution < -0.4 is 0 Å². The molecule has 0 aliphatic rings. The number of carbonyl (C=O) groups excluding carboxylic acids is 4. The number of furan rings is 1. The van der Waals surface area contributed by atoms with Crippen molar-refractivity contribution >= 4 is 46.4 Å². The van der Waals surface area contributed by atoms with Crippen LogP contribution in [-0.2, 0) is 19.0 Å². The molecule has 10 heteroatoms. The average molecular weight is 448 g/mol. The van der Waals surface area contributed by atoms with Crippen LogP contribution in [-0.4, -0.2) is 45.0 Å². The second kappa shape index (κ2) is 9.06. The van der Waals surface area contributed by atoms with Gasteiger partial charge in [0.15, 0.2) is 17.3 Å². The first-order chi connectivity index (χ1) is 14.4. The first-order valence-electron chi connectivity index (χ1n) is 8.48. The maximum atomic E-state index is 12.5. The lowest BCUT2D eigenvalue weighted by Crippen LogP contribution is -2.11. The van der Waals surface area contributed by atoms with Gasteiger partial charge < -0.3 is 18.6 Å². The second-order valence-electron chi connectivity index (χ2n) is 5.81. The minimum Gasteiger partial charge on any atom is -0.469 e. The van der Waals surface area contributed by atoms with Crippen LogP contribution in [0.2, 0.25) is 0 Å². The minimum absolute atomic E-state index is 0.0577. The van der Waals surface area contributed by atoms with Crippen molar-refractivity contribution < 1.29 is 37.8 Å². The third kappa shape index (κ3) is 4.05. The Balaban J connectivity index is 2.15. The van der Waals surface area contributed by atoms with Gasteiger partial charge in [0.05, 0.1) is 36.0 Å². The van der Waals surface area contributed by atoms with Gasteiger partial charge in [-0.1, -0.05) is 6.07 Å². The lowest BCUT2D eigenvalue weighted by atomic mass is 10.1. The molecule has 0 saturated heterocycles. The number of ether oxygens (including phenoxy) is 3. The summed E-state index contributed by atoms with van der Waals surface area (Å²) < 4.78 is 20.2. The average Bonchev–Trinajstić information content (AvgIpc) is 3.50. The highest BCUT2D eigenvalue weighted by molar-refractivity contribution is 7.17. The number of carbonyl (C=O) groups is 4. The van der Waals surface area contributed by atoms with Crippen molar-refractivity contribution in [1.82, 2.24) is 0 Å². The SMILES string of the molecule is COC(=O)CC(=O)c1ccc(-c2oc(-c3cccs3)c(C(=O)OC)c2C(=O)OC)s1. The Morgan fingerprint density at radius 2 is 1.50 bits per heavy atom. The number of methoxy groups -OCH3 is 3. The van der Waals surface area contributed by atoms with Gasteiger partial charge in [-0.05, 0) is 23.6 Å². The van der Waals surface area contributed by atoms with E-state index in [1.807, 2.05) is 0 Å². The molecule has 0 atom stereocenters. The first-order valence-corrected chi connectivity index (χ1v) is 10.2. The number of hydrogen-bond donors (Lipinski definition) is 0. The third-order valence-electron chi connectivity index (χ3n) is 4.07. The molecule has 0 aromatic carbocycles. The van der Waals surface area contributed by atoms with Crippen LogP contribution in [0.1, 0.15) is 36.8 Å².